The van der Waals surface area contributed by atoms with Gasteiger partial charge in [-0.05, 0) is 45.0 Å². The average molecular weight is 570 g/mol. The topological polar surface area (TPSA) is 177 Å². The molecule has 0 fully saturated rings. The van der Waals surface area contributed by atoms with Gasteiger partial charge in [0.05, 0.1) is 26.3 Å². The van der Waals surface area contributed by atoms with Crippen LogP contribution in [0.1, 0.15) is 20.8 Å². The predicted molar refractivity (Wildman–Crippen MR) is 150 cm³/mol. The third kappa shape index (κ3) is 7.66. The van der Waals surface area contributed by atoms with Crippen molar-refractivity contribution in [3.63, 3.8) is 0 Å². The molecule has 3 atom stereocenters. The van der Waals surface area contributed by atoms with E-state index in [1.807, 2.05) is 0 Å². The van der Waals surface area contributed by atoms with E-state index >= 15 is 4.39 Å². The number of hydrogen-bond donors (Lipinski definition) is 3. The predicted octanol–water partition coefficient (Wildman–Crippen LogP) is 2.96. The minimum Gasteiger partial charge on any atom is -0.493 e. The number of carbonyl (C=O) groups is 3. The van der Waals surface area contributed by atoms with Crippen LogP contribution >= 0.6 is 0 Å². The van der Waals surface area contributed by atoms with Crippen molar-refractivity contribution < 1.29 is 37.7 Å². The molecule has 0 aliphatic rings. The van der Waals surface area contributed by atoms with Crippen molar-refractivity contribution in [3.05, 3.63) is 48.4 Å². The van der Waals surface area contributed by atoms with Gasteiger partial charge >= 0.3 is 5.97 Å². The molecule has 1 unspecified atom stereocenters. The number of nitrogens with two attached hydrogens (primary N) is 2. The number of aromatic nitrogens is 1. The number of fused-ring (bicyclic) bond motifs is 1. The molecule has 12 nitrogen and oxygen atoms in total. The van der Waals surface area contributed by atoms with Gasteiger partial charge in [0.25, 0.3) is 0 Å². The highest BCUT2D eigenvalue weighted by Crippen LogP contribution is 2.37. The zero-order chi connectivity index (χ0) is 30.3. The van der Waals surface area contributed by atoms with Crippen molar-refractivity contribution in [2.24, 2.45) is 22.4 Å². The van der Waals surface area contributed by atoms with Crippen molar-refractivity contribution in [1.82, 2.24) is 4.98 Å². The Kier molecular flexibility index (Phi) is 10.1. The third-order valence-corrected chi connectivity index (χ3v) is 5.88. The van der Waals surface area contributed by atoms with Crippen LogP contribution in [0.4, 0.5) is 10.1 Å². The highest BCUT2D eigenvalue weighted by molar-refractivity contribution is 6.22. The maximum absolute atomic E-state index is 15.0. The van der Waals surface area contributed by atoms with E-state index in [2.05, 4.69) is 15.3 Å². The third-order valence-electron chi connectivity index (χ3n) is 5.88. The number of pyridine rings is 1. The summed E-state index contributed by atoms with van der Waals surface area (Å²) in [6, 6.07) is 7.88. The monoisotopic (exact) mass is 569 g/mol. The van der Waals surface area contributed by atoms with E-state index in [9.17, 15) is 14.4 Å². The zero-order valence-corrected chi connectivity index (χ0v) is 23.3. The van der Waals surface area contributed by atoms with Crippen LogP contribution in [0.2, 0.25) is 0 Å². The minimum atomic E-state index is -1.44. The molecule has 0 aliphatic carbocycles. The second-order valence-corrected chi connectivity index (χ2v) is 9.12. The summed E-state index contributed by atoms with van der Waals surface area (Å²) in [7, 11) is 2.99. The number of ether oxygens (including phenoxy) is 4. The SMILES string of the molecule is COc1cc2nccc(Oc3ccc(NC(=O)C(C(N)=O)C(C)=NC[C@@H](C)OC(=O)[C@H](C)N)cc3F)c2cc1OC. The molecule has 0 saturated heterocycles. The van der Waals surface area contributed by atoms with Crippen LogP contribution < -0.4 is 31.0 Å². The fourth-order valence-electron chi connectivity index (χ4n) is 3.76. The number of hydrogen-bond acceptors (Lipinski definition) is 10. The number of methoxy groups -OCH3 is 2. The molecule has 13 heteroatoms. The molecule has 2 aromatic carbocycles. The van der Waals surface area contributed by atoms with Crippen LogP contribution in [0, 0.1) is 11.7 Å². The van der Waals surface area contributed by atoms with Crippen LogP contribution in [-0.2, 0) is 19.1 Å². The number of rotatable bonds is 12. The molecule has 0 saturated carbocycles. The molecule has 1 aromatic heterocycles. The Labute approximate surface area is 235 Å². The summed E-state index contributed by atoms with van der Waals surface area (Å²) in [6.07, 6.45) is 0.857. The molecule has 2 amide bonds. The first-order valence-corrected chi connectivity index (χ1v) is 12.5. The Bertz CT molecular complexity index is 1480. The van der Waals surface area contributed by atoms with Crippen molar-refractivity contribution in [2.45, 2.75) is 32.9 Å². The summed E-state index contributed by atoms with van der Waals surface area (Å²) < 4.78 is 36.6. The molecule has 0 spiro atoms. The Morgan fingerprint density at radius 1 is 1.02 bits per heavy atom. The van der Waals surface area contributed by atoms with Crippen LogP contribution in [-0.4, -0.2) is 61.4 Å². The standard InChI is InChI=1S/C28H32FN5O7/c1-14(40-28(37)15(2)30)13-33-16(3)25(26(31)35)27(36)34-17-6-7-22(19(29)10-17)41-21-8-9-32-20-12-24(39-5)23(38-4)11-18(20)21/h6-12,14-15,25H,13,30H2,1-5H3,(H2,31,35)(H,34,36)/t14-,15+,25?/m1/s1. The Morgan fingerprint density at radius 2 is 1.71 bits per heavy atom. The molecule has 41 heavy (non-hydrogen) atoms. The number of amides is 2. The quantitative estimate of drug-likeness (QED) is 0.168. The van der Waals surface area contributed by atoms with E-state index in [-0.39, 0.29) is 23.7 Å². The lowest BCUT2D eigenvalue weighted by atomic mass is 10.0. The molecule has 3 rings (SSSR count). The number of benzene rings is 2. The molecule has 5 N–H and O–H groups in total. The van der Waals surface area contributed by atoms with Gasteiger partial charge < -0.3 is 35.7 Å². The largest absolute Gasteiger partial charge is 0.493 e. The van der Waals surface area contributed by atoms with Crippen molar-refractivity contribution >= 4 is 40.1 Å². The number of aliphatic imine (C=N–C) groups is 1. The molecular weight excluding hydrogens is 537 g/mol. The lowest BCUT2D eigenvalue weighted by Crippen LogP contribution is -2.39. The summed E-state index contributed by atoms with van der Waals surface area (Å²) in [5.74, 6) is -3.49. The summed E-state index contributed by atoms with van der Waals surface area (Å²) in [5.41, 5.74) is 11.6. The zero-order valence-electron chi connectivity index (χ0n) is 23.3. The molecule has 0 aliphatic heterocycles. The van der Waals surface area contributed by atoms with Gasteiger partial charge in [-0.3, -0.25) is 24.4 Å². The highest BCUT2D eigenvalue weighted by atomic mass is 19.1. The number of esters is 1. The van der Waals surface area contributed by atoms with Crippen LogP contribution in [0.25, 0.3) is 10.9 Å². The van der Waals surface area contributed by atoms with Gasteiger partial charge in [0.1, 0.15) is 17.9 Å². The first-order valence-electron chi connectivity index (χ1n) is 12.5. The van der Waals surface area contributed by atoms with Gasteiger partial charge in [-0.15, -0.1) is 0 Å². The molecular formula is C28H32FN5O7. The van der Waals surface area contributed by atoms with Gasteiger partial charge in [0.15, 0.2) is 29.0 Å². The van der Waals surface area contributed by atoms with E-state index in [1.54, 1.807) is 25.1 Å². The molecule has 0 radical (unpaired) electrons. The summed E-state index contributed by atoms with van der Waals surface area (Å²) in [6.45, 7) is 4.49. The van der Waals surface area contributed by atoms with Gasteiger partial charge in [0.2, 0.25) is 11.8 Å². The summed E-state index contributed by atoms with van der Waals surface area (Å²) in [5, 5.41) is 3.03. The number of primary amides is 1. The number of anilines is 1. The normalized spacial score (nSPS) is 13.6. The lowest BCUT2D eigenvalue weighted by molar-refractivity contribution is -0.148. The first kappa shape index (κ1) is 30.8. The van der Waals surface area contributed by atoms with E-state index in [1.165, 1.54) is 46.4 Å². The Morgan fingerprint density at radius 3 is 2.32 bits per heavy atom. The van der Waals surface area contributed by atoms with E-state index in [0.29, 0.717) is 28.2 Å². The van der Waals surface area contributed by atoms with Crippen LogP contribution in [0.3, 0.4) is 0 Å². The second kappa shape index (κ2) is 13.5. The van der Waals surface area contributed by atoms with Crippen molar-refractivity contribution in [2.75, 3.05) is 26.1 Å². The van der Waals surface area contributed by atoms with Gasteiger partial charge in [-0.25, -0.2) is 4.39 Å². The number of halogens is 1. The maximum Gasteiger partial charge on any atom is 0.322 e. The fraction of sp³-hybridized carbons (Fsp3) is 0.321. The minimum absolute atomic E-state index is 0.0235. The molecule has 3 aromatic rings. The van der Waals surface area contributed by atoms with Gasteiger partial charge in [-0.2, -0.15) is 0 Å². The van der Waals surface area contributed by atoms with Gasteiger partial charge in [0, 0.05) is 35.1 Å². The lowest BCUT2D eigenvalue weighted by Gasteiger charge is -2.16. The Balaban J connectivity index is 1.75. The maximum atomic E-state index is 15.0. The summed E-state index contributed by atoms with van der Waals surface area (Å²) in [4.78, 5) is 45.0. The first-order chi connectivity index (χ1) is 19.4. The number of nitrogens with one attached hydrogen (secondary N) is 1. The second-order valence-electron chi connectivity index (χ2n) is 9.12. The van der Waals surface area contributed by atoms with E-state index < -0.39 is 41.7 Å². The van der Waals surface area contributed by atoms with Crippen LogP contribution in [0.15, 0.2) is 47.6 Å². The fourth-order valence-corrected chi connectivity index (χ4v) is 3.76. The van der Waals surface area contributed by atoms with Gasteiger partial charge in [-0.1, -0.05) is 0 Å². The van der Waals surface area contributed by atoms with Crippen molar-refractivity contribution in [1.29, 1.82) is 0 Å². The van der Waals surface area contributed by atoms with E-state index in [0.717, 1.165) is 6.07 Å². The van der Waals surface area contributed by atoms with Crippen molar-refractivity contribution in [3.8, 4) is 23.0 Å². The smallest absolute Gasteiger partial charge is 0.322 e. The van der Waals surface area contributed by atoms with E-state index in [4.69, 9.17) is 30.4 Å². The van der Waals surface area contributed by atoms with Crippen LogP contribution in [0.5, 0.6) is 23.0 Å². The molecule has 0 bridgehead atoms. The molecule has 218 valence electrons. The average Bonchev–Trinajstić information content (AvgIpc) is 2.92. The number of carbonyl (C=O) groups excluding carboxylic acids is 3. The number of nitrogens with zero attached hydrogens (tertiary/aromatic N) is 2. The molecule has 1 heterocycles. The Hall–Kier alpha value is -4.78. The summed E-state index contributed by atoms with van der Waals surface area (Å²) >= 11 is 0. The highest BCUT2D eigenvalue weighted by Gasteiger charge is 2.28.